The summed E-state index contributed by atoms with van der Waals surface area (Å²) >= 11 is 0. The molecule has 8 heteroatoms. The number of benzene rings is 1. The minimum atomic E-state index is -0.206. The number of carbonyl (C=O) groups excluding carboxylic acids is 2. The van der Waals surface area contributed by atoms with E-state index in [0.29, 0.717) is 50.6 Å². The highest BCUT2D eigenvalue weighted by Crippen LogP contribution is 2.22. The molecule has 4 rings (SSSR count). The van der Waals surface area contributed by atoms with Crippen LogP contribution in [0, 0.1) is 12.8 Å². The van der Waals surface area contributed by atoms with Crippen molar-refractivity contribution in [3.05, 3.63) is 52.2 Å². The summed E-state index contributed by atoms with van der Waals surface area (Å²) in [6.07, 6.45) is 3.29. The number of carbonyl (C=O) groups is 2. The largest absolute Gasteiger partial charge is 0.378 e. The first-order chi connectivity index (χ1) is 14.0. The van der Waals surface area contributed by atoms with E-state index in [1.54, 1.807) is 39.9 Å². The maximum atomic E-state index is 13.0. The molecule has 154 valence electrons. The fraction of sp³-hybridized carbons (Fsp3) is 0.476. The lowest BCUT2D eigenvalue weighted by Gasteiger charge is -2.36. The van der Waals surface area contributed by atoms with Crippen LogP contribution in [0.3, 0.4) is 0 Å². The summed E-state index contributed by atoms with van der Waals surface area (Å²) in [6, 6.07) is 7.03. The molecule has 3 heterocycles. The zero-order valence-electron chi connectivity index (χ0n) is 16.6. The number of likely N-dealkylation sites (tertiary alicyclic amines) is 1. The molecule has 0 radical (unpaired) electrons. The van der Waals surface area contributed by atoms with E-state index >= 15 is 0 Å². The first-order valence-electron chi connectivity index (χ1n) is 10.1. The lowest BCUT2D eigenvalue weighted by atomic mass is 9.95. The van der Waals surface area contributed by atoms with Gasteiger partial charge in [-0.1, -0.05) is 0 Å². The highest BCUT2D eigenvalue weighted by molar-refractivity contribution is 5.95. The molecule has 2 aliphatic rings. The summed E-state index contributed by atoms with van der Waals surface area (Å²) in [7, 11) is 0. The third kappa shape index (κ3) is 3.98. The maximum Gasteiger partial charge on any atom is 0.330 e. The number of aryl methyl sites for hydroxylation is 1. The predicted octanol–water partition coefficient (Wildman–Crippen LogP) is 1.19. The Morgan fingerprint density at radius 1 is 1.07 bits per heavy atom. The van der Waals surface area contributed by atoms with Crippen molar-refractivity contribution in [1.29, 1.82) is 0 Å². The van der Waals surface area contributed by atoms with Crippen molar-refractivity contribution < 1.29 is 14.3 Å². The van der Waals surface area contributed by atoms with Gasteiger partial charge >= 0.3 is 5.69 Å². The minimum absolute atomic E-state index is 0.0748. The number of nitrogens with one attached hydrogen (secondary N) is 1. The van der Waals surface area contributed by atoms with Gasteiger partial charge in [0.05, 0.1) is 24.8 Å². The molecule has 2 saturated heterocycles. The van der Waals surface area contributed by atoms with Gasteiger partial charge in [0.1, 0.15) is 0 Å². The van der Waals surface area contributed by atoms with E-state index in [0.717, 1.165) is 18.5 Å². The molecule has 29 heavy (non-hydrogen) atoms. The highest BCUT2D eigenvalue weighted by Gasteiger charge is 2.32. The number of hydrogen-bond donors (Lipinski definition) is 1. The van der Waals surface area contributed by atoms with Gasteiger partial charge in [-0.2, -0.15) is 0 Å². The number of imidazole rings is 1. The lowest BCUT2D eigenvalue weighted by Crippen LogP contribution is -2.49. The van der Waals surface area contributed by atoms with E-state index in [-0.39, 0.29) is 23.4 Å². The monoisotopic (exact) mass is 398 g/mol. The number of hydrogen-bond acceptors (Lipinski definition) is 4. The molecule has 1 aromatic heterocycles. The third-order valence-electron chi connectivity index (χ3n) is 5.71. The average molecular weight is 398 g/mol. The fourth-order valence-corrected chi connectivity index (χ4v) is 4.12. The Hall–Kier alpha value is -2.87. The summed E-state index contributed by atoms with van der Waals surface area (Å²) in [5.74, 6) is -0.0937. The van der Waals surface area contributed by atoms with Crippen LogP contribution in [0.15, 0.2) is 35.3 Å². The number of H-pyrrole nitrogens is 1. The predicted molar refractivity (Wildman–Crippen MR) is 107 cm³/mol. The number of aromatic amines is 1. The van der Waals surface area contributed by atoms with Gasteiger partial charge < -0.3 is 19.5 Å². The van der Waals surface area contributed by atoms with Crippen molar-refractivity contribution in [3.63, 3.8) is 0 Å². The number of nitrogens with zero attached hydrogens (tertiary/aromatic N) is 3. The molecule has 1 unspecified atom stereocenters. The Balaban J connectivity index is 1.45. The van der Waals surface area contributed by atoms with Gasteiger partial charge in [0.15, 0.2) is 0 Å². The number of piperidine rings is 1. The molecule has 2 amide bonds. The van der Waals surface area contributed by atoms with Crippen LogP contribution in [0.25, 0.3) is 5.69 Å². The third-order valence-corrected chi connectivity index (χ3v) is 5.71. The summed E-state index contributed by atoms with van der Waals surface area (Å²) in [5, 5.41) is 0. The molecular weight excluding hydrogens is 372 g/mol. The Morgan fingerprint density at radius 3 is 2.45 bits per heavy atom. The Bertz CT molecular complexity index is 940. The van der Waals surface area contributed by atoms with E-state index in [9.17, 15) is 14.4 Å². The second-order valence-electron chi connectivity index (χ2n) is 7.65. The van der Waals surface area contributed by atoms with Gasteiger partial charge in [-0.25, -0.2) is 4.79 Å². The number of rotatable bonds is 3. The summed E-state index contributed by atoms with van der Waals surface area (Å²) in [5.41, 5.74) is 1.87. The Kier molecular flexibility index (Phi) is 5.53. The van der Waals surface area contributed by atoms with Crippen LogP contribution in [0.5, 0.6) is 0 Å². The van der Waals surface area contributed by atoms with Crippen molar-refractivity contribution in [2.45, 2.75) is 19.8 Å². The van der Waals surface area contributed by atoms with Crippen LogP contribution in [0.2, 0.25) is 0 Å². The highest BCUT2D eigenvalue weighted by atomic mass is 16.5. The molecule has 0 spiro atoms. The molecule has 2 fully saturated rings. The van der Waals surface area contributed by atoms with Crippen molar-refractivity contribution in [3.8, 4) is 5.69 Å². The SMILES string of the molecule is Cc1c[nH]c(=O)n1-c1ccc(C(=O)N2CCCC(C(=O)N3CCOCC3)C2)cc1. The molecule has 8 nitrogen and oxygen atoms in total. The molecule has 0 aliphatic carbocycles. The van der Waals surface area contributed by atoms with Crippen molar-refractivity contribution in [2.24, 2.45) is 5.92 Å². The quantitative estimate of drug-likeness (QED) is 0.841. The topological polar surface area (TPSA) is 87.6 Å². The molecule has 0 bridgehead atoms. The minimum Gasteiger partial charge on any atom is -0.378 e. The zero-order valence-corrected chi connectivity index (χ0v) is 16.6. The summed E-state index contributed by atoms with van der Waals surface area (Å²) in [6.45, 7) is 5.37. The van der Waals surface area contributed by atoms with Crippen molar-refractivity contribution >= 4 is 11.8 Å². The molecule has 2 aliphatic heterocycles. The van der Waals surface area contributed by atoms with Gasteiger partial charge in [0.2, 0.25) is 5.91 Å². The van der Waals surface area contributed by atoms with Crippen LogP contribution < -0.4 is 5.69 Å². The lowest BCUT2D eigenvalue weighted by molar-refractivity contribution is -0.141. The summed E-state index contributed by atoms with van der Waals surface area (Å²) < 4.78 is 6.89. The molecule has 1 aromatic carbocycles. The van der Waals surface area contributed by atoms with Gasteiger partial charge in [-0.05, 0) is 44.0 Å². The van der Waals surface area contributed by atoms with E-state index < -0.39 is 0 Å². The zero-order chi connectivity index (χ0) is 20.4. The number of amides is 2. The first kappa shape index (κ1) is 19.4. The van der Waals surface area contributed by atoms with Crippen LogP contribution in [-0.2, 0) is 9.53 Å². The Morgan fingerprint density at radius 2 is 1.79 bits per heavy atom. The van der Waals surface area contributed by atoms with Crippen LogP contribution in [0.1, 0.15) is 28.9 Å². The number of ether oxygens (including phenoxy) is 1. The molecule has 1 N–H and O–H groups in total. The van der Waals surface area contributed by atoms with Crippen molar-refractivity contribution in [1.82, 2.24) is 19.4 Å². The second kappa shape index (κ2) is 8.24. The van der Waals surface area contributed by atoms with E-state index in [2.05, 4.69) is 4.98 Å². The van der Waals surface area contributed by atoms with Crippen LogP contribution >= 0.6 is 0 Å². The van der Waals surface area contributed by atoms with Gasteiger partial charge in [0, 0.05) is 43.6 Å². The van der Waals surface area contributed by atoms with E-state index in [4.69, 9.17) is 4.74 Å². The average Bonchev–Trinajstić information content (AvgIpc) is 3.11. The molecule has 1 atom stereocenters. The standard InChI is InChI=1S/C21H26N4O4/c1-15-13-22-21(28)25(15)18-6-4-16(5-7-18)19(26)24-8-2-3-17(14-24)20(27)23-9-11-29-12-10-23/h4-7,13,17H,2-3,8-12,14H2,1H3,(H,22,28). The fourth-order valence-electron chi connectivity index (χ4n) is 4.12. The van der Waals surface area contributed by atoms with E-state index in [1.807, 2.05) is 11.8 Å². The first-order valence-corrected chi connectivity index (χ1v) is 10.1. The smallest absolute Gasteiger partial charge is 0.330 e. The number of aromatic nitrogens is 2. The second-order valence-corrected chi connectivity index (χ2v) is 7.65. The van der Waals surface area contributed by atoms with Crippen molar-refractivity contribution in [2.75, 3.05) is 39.4 Å². The molecule has 2 aromatic rings. The molecule has 0 saturated carbocycles. The number of morpholine rings is 1. The normalized spacial score (nSPS) is 20.0. The van der Waals surface area contributed by atoms with Crippen LogP contribution in [-0.4, -0.2) is 70.6 Å². The van der Waals surface area contributed by atoms with Crippen LogP contribution in [0.4, 0.5) is 0 Å². The molecular formula is C21H26N4O4. The van der Waals surface area contributed by atoms with Gasteiger partial charge in [-0.3, -0.25) is 14.2 Å². The summed E-state index contributed by atoms with van der Waals surface area (Å²) in [4.78, 5) is 44.0. The Labute approximate surface area is 169 Å². The van der Waals surface area contributed by atoms with Gasteiger partial charge in [0.25, 0.3) is 5.91 Å². The van der Waals surface area contributed by atoms with Gasteiger partial charge in [-0.15, -0.1) is 0 Å². The van der Waals surface area contributed by atoms with E-state index in [1.165, 1.54) is 0 Å². The maximum absolute atomic E-state index is 13.0.